The minimum atomic E-state index is 0.493. The van der Waals surface area contributed by atoms with Crippen LogP contribution in [-0.2, 0) is 0 Å². The Balaban J connectivity index is 1.92. The second kappa shape index (κ2) is 4.79. The minimum absolute atomic E-state index is 0.493. The van der Waals surface area contributed by atoms with E-state index in [4.69, 9.17) is 0 Å². The molecule has 2 aliphatic rings. The first-order chi connectivity index (χ1) is 8.23. The van der Waals surface area contributed by atoms with Crippen LogP contribution >= 0.6 is 0 Å². The van der Waals surface area contributed by atoms with Gasteiger partial charge in [0.25, 0.3) is 0 Å². The van der Waals surface area contributed by atoms with Gasteiger partial charge in [-0.3, -0.25) is 9.80 Å². The molecule has 1 heterocycles. The molecule has 0 spiro atoms. The van der Waals surface area contributed by atoms with Crippen LogP contribution in [0.3, 0.4) is 0 Å². The van der Waals surface area contributed by atoms with Gasteiger partial charge in [0.15, 0.2) is 0 Å². The lowest BCUT2D eigenvalue weighted by Crippen LogP contribution is -2.51. The zero-order valence-electron chi connectivity index (χ0n) is 13.3. The first-order valence-corrected chi connectivity index (χ1v) is 7.71. The van der Waals surface area contributed by atoms with E-state index in [1.54, 1.807) is 0 Å². The van der Waals surface area contributed by atoms with Gasteiger partial charge in [-0.05, 0) is 37.5 Å². The molecule has 0 atom stereocenters. The monoisotopic (exact) mass is 252 g/mol. The molecule has 0 unspecified atom stereocenters. The molecule has 1 saturated carbocycles. The molecule has 0 amide bonds. The van der Waals surface area contributed by atoms with Crippen LogP contribution in [0.5, 0.6) is 0 Å². The van der Waals surface area contributed by atoms with Gasteiger partial charge < -0.3 is 0 Å². The van der Waals surface area contributed by atoms with Crippen molar-refractivity contribution in [1.29, 1.82) is 0 Å². The summed E-state index contributed by atoms with van der Waals surface area (Å²) in [6.07, 6.45) is 2.75. The topological polar surface area (TPSA) is 6.48 Å². The number of rotatable bonds is 2. The van der Waals surface area contributed by atoms with Crippen LogP contribution in [0.1, 0.15) is 54.4 Å². The number of hydrogen-bond acceptors (Lipinski definition) is 2. The Hall–Kier alpha value is -0.0800. The lowest BCUT2D eigenvalue weighted by Gasteiger charge is -2.40. The fourth-order valence-corrected chi connectivity index (χ4v) is 3.68. The smallest absolute Gasteiger partial charge is 0.0113 e. The normalized spacial score (nSPS) is 30.2. The van der Waals surface area contributed by atoms with E-state index in [0.717, 1.165) is 6.04 Å². The fraction of sp³-hybridized carbons (Fsp3) is 1.00. The predicted octanol–water partition coefficient (Wildman–Crippen LogP) is 3.23. The molecule has 0 bridgehead atoms. The van der Waals surface area contributed by atoms with E-state index >= 15 is 0 Å². The van der Waals surface area contributed by atoms with Gasteiger partial charge in [0.1, 0.15) is 0 Å². The highest BCUT2D eigenvalue weighted by molar-refractivity contribution is 5.00. The van der Waals surface area contributed by atoms with E-state index in [2.05, 4.69) is 51.3 Å². The van der Waals surface area contributed by atoms with Gasteiger partial charge in [0.2, 0.25) is 0 Å². The number of hydrogen-bond donors (Lipinski definition) is 0. The van der Waals surface area contributed by atoms with Crippen molar-refractivity contribution in [2.24, 2.45) is 10.8 Å². The van der Waals surface area contributed by atoms with Gasteiger partial charge >= 0.3 is 0 Å². The zero-order chi connectivity index (χ0) is 13.6. The standard InChI is InChI=1S/C16H32N2/c1-13(2)17-7-9-18(10-8-17)14-11-15(3,4)16(5,6)12-14/h13-14H,7-12H2,1-6H3. The van der Waals surface area contributed by atoms with Crippen LogP contribution in [0.15, 0.2) is 0 Å². The molecule has 2 fully saturated rings. The average molecular weight is 252 g/mol. The Morgan fingerprint density at radius 3 is 1.67 bits per heavy atom. The summed E-state index contributed by atoms with van der Waals surface area (Å²) >= 11 is 0. The quantitative estimate of drug-likeness (QED) is 0.744. The van der Waals surface area contributed by atoms with Crippen molar-refractivity contribution in [2.75, 3.05) is 26.2 Å². The van der Waals surface area contributed by atoms with Crippen LogP contribution in [0.25, 0.3) is 0 Å². The summed E-state index contributed by atoms with van der Waals surface area (Å²) in [6, 6.07) is 1.54. The summed E-state index contributed by atoms with van der Waals surface area (Å²) < 4.78 is 0. The zero-order valence-corrected chi connectivity index (χ0v) is 13.3. The molecule has 0 aromatic heterocycles. The SMILES string of the molecule is CC(C)N1CCN(C2CC(C)(C)C(C)(C)C2)CC1. The largest absolute Gasteiger partial charge is 0.298 e. The van der Waals surface area contributed by atoms with E-state index in [9.17, 15) is 0 Å². The summed E-state index contributed by atoms with van der Waals surface area (Å²) in [5.74, 6) is 0. The third-order valence-corrected chi connectivity index (χ3v) is 5.92. The maximum absolute atomic E-state index is 2.76. The van der Waals surface area contributed by atoms with Crippen molar-refractivity contribution in [3.05, 3.63) is 0 Å². The lowest BCUT2D eigenvalue weighted by molar-refractivity contribution is 0.0759. The average Bonchev–Trinajstić information content (AvgIpc) is 2.48. The van der Waals surface area contributed by atoms with E-state index < -0.39 is 0 Å². The van der Waals surface area contributed by atoms with Crippen LogP contribution in [0.2, 0.25) is 0 Å². The summed E-state index contributed by atoms with van der Waals surface area (Å²) in [4.78, 5) is 5.37. The third-order valence-electron chi connectivity index (χ3n) is 5.92. The second-order valence-electron chi connectivity index (χ2n) is 8.00. The van der Waals surface area contributed by atoms with E-state index in [-0.39, 0.29) is 0 Å². The van der Waals surface area contributed by atoms with Gasteiger partial charge in [-0.25, -0.2) is 0 Å². The minimum Gasteiger partial charge on any atom is -0.298 e. The molecule has 1 aliphatic carbocycles. The van der Waals surface area contributed by atoms with E-state index in [1.807, 2.05) is 0 Å². The Bertz CT molecular complexity index is 269. The van der Waals surface area contributed by atoms with Crippen LogP contribution < -0.4 is 0 Å². The van der Waals surface area contributed by atoms with Gasteiger partial charge in [-0.15, -0.1) is 0 Å². The molecule has 2 nitrogen and oxygen atoms in total. The molecule has 0 aromatic rings. The van der Waals surface area contributed by atoms with Crippen LogP contribution in [0.4, 0.5) is 0 Å². The van der Waals surface area contributed by atoms with Gasteiger partial charge in [0, 0.05) is 38.3 Å². The van der Waals surface area contributed by atoms with Gasteiger partial charge in [-0.1, -0.05) is 27.7 Å². The van der Waals surface area contributed by atoms with Crippen LogP contribution in [-0.4, -0.2) is 48.1 Å². The first-order valence-electron chi connectivity index (χ1n) is 7.71. The molecule has 1 saturated heterocycles. The molecule has 2 rings (SSSR count). The van der Waals surface area contributed by atoms with Gasteiger partial charge in [-0.2, -0.15) is 0 Å². The molecule has 0 radical (unpaired) electrons. The molecule has 0 N–H and O–H groups in total. The Morgan fingerprint density at radius 1 is 0.833 bits per heavy atom. The molecule has 18 heavy (non-hydrogen) atoms. The fourth-order valence-electron chi connectivity index (χ4n) is 3.68. The first kappa shape index (κ1) is 14.3. The molecule has 106 valence electrons. The summed E-state index contributed by atoms with van der Waals surface area (Å²) in [7, 11) is 0. The van der Waals surface area contributed by atoms with Crippen molar-refractivity contribution < 1.29 is 0 Å². The van der Waals surface area contributed by atoms with Crippen molar-refractivity contribution in [2.45, 2.75) is 66.5 Å². The van der Waals surface area contributed by atoms with Crippen molar-refractivity contribution in [1.82, 2.24) is 9.80 Å². The Labute approximate surface area is 114 Å². The van der Waals surface area contributed by atoms with Crippen molar-refractivity contribution >= 4 is 0 Å². The maximum Gasteiger partial charge on any atom is 0.0113 e. The highest BCUT2D eigenvalue weighted by atomic mass is 15.3. The molecule has 2 heteroatoms. The maximum atomic E-state index is 2.76. The second-order valence-corrected chi connectivity index (χ2v) is 8.00. The van der Waals surface area contributed by atoms with E-state index in [1.165, 1.54) is 39.0 Å². The van der Waals surface area contributed by atoms with Crippen molar-refractivity contribution in [3.63, 3.8) is 0 Å². The summed E-state index contributed by atoms with van der Waals surface area (Å²) in [6.45, 7) is 19.5. The Morgan fingerprint density at radius 2 is 1.28 bits per heavy atom. The highest BCUT2D eigenvalue weighted by Crippen LogP contribution is 2.53. The molecule has 1 aliphatic heterocycles. The van der Waals surface area contributed by atoms with E-state index in [0.29, 0.717) is 16.9 Å². The Kier molecular flexibility index (Phi) is 3.81. The van der Waals surface area contributed by atoms with Crippen LogP contribution in [0, 0.1) is 10.8 Å². The lowest BCUT2D eigenvalue weighted by atomic mass is 9.71. The molecular weight excluding hydrogens is 220 g/mol. The number of piperazine rings is 1. The third kappa shape index (κ3) is 2.60. The number of nitrogens with zero attached hydrogens (tertiary/aromatic N) is 2. The van der Waals surface area contributed by atoms with Gasteiger partial charge in [0.05, 0.1) is 0 Å². The summed E-state index contributed by atoms with van der Waals surface area (Å²) in [5.41, 5.74) is 0.986. The predicted molar refractivity (Wildman–Crippen MR) is 78.9 cm³/mol. The molecule has 0 aromatic carbocycles. The van der Waals surface area contributed by atoms with Crippen molar-refractivity contribution in [3.8, 4) is 0 Å². The highest BCUT2D eigenvalue weighted by Gasteiger charge is 2.48. The summed E-state index contributed by atoms with van der Waals surface area (Å²) in [5, 5.41) is 0. The molecular formula is C16H32N2.